The minimum absolute atomic E-state index is 1.13. The highest BCUT2D eigenvalue weighted by molar-refractivity contribution is 5.81. The summed E-state index contributed by atoms with van der Waals surface area (Å²) in [7, 11) is 0. The molecule has 140 valence electrons. The van der Waals surface area contributed by atoms with Crippen LogP contribution in [0.5, 0.6) is 0 Å². The molecule has 0 aliphatic carbocycles. The maximum absolute atomic E-state index is 2.23. The van der Waals surface area contributed by atoms with E-state index in [-0.39, 0.29) is 0 Å². The van der Waals surface area contributed by atoms with Crippen molar-refractivity contribution in [1.82, 2.24) is 0 Å². The molecule has 0 heterocycles. The molecule has 0 aliphatic heterocycles. The zero-order valence-electron chi connectivity index (χ0n) is 16.2. The van der Waals surface area contributed by atoms with Gasteiger partial charge in [0.05, 0.1) is 5.69 Å². The molecule has 4 aromatic carbocycles. The van der Waals surface area contributed by atoms with Crippen LogP contribution < -0.4 is 4.90 Å². The Balaban J connectivity index is 1.73. The fraction of sp³-hybridized carbons (Fsp3) is 0. The van der Waals surface area contributed by atoms with E-state index in [1.165, 1.54) is 11.1 Å². The summed E-state index contributed by atoms with van der Waals surface area (Å²) in [6, 6.07) is 39.7. The highest BCUT2D eigenvalue weighted by Gasteiger charge is 2.09. The first-order valence-corrected chi connectivity index (χ1v) is 9.80. The Morgan fingerprint density at radius 2 is 0.966 bits per heavy atom. The molecule has 0 aromatic heterocycles. The van der Waals surface area contributed by atoms with Crippen LogP contribution in [0.1, 0.15) is 16.7 Å². The second kappa shape index (κ2) is 9.38. The fourth-order valence-electron chi connectivity index (χ4n) is 3.22. The molecule has 0 fully saturated rings. The van der Waals surface area contributed by atoms with E-state index in [4.69, 9.17) is 0 Å². The Morgan fingerprint density at radius 3 is 1.62 bits per heavy atom. The summed E-state index contributed by atoms with van der Waals surface area (Å²) in [5.74, 6) is 0. The van der Waals surface area contributed by atoms with Crippen LogP contribution in [0.2, 0.25) is 0 Å². The van der Waals surface area contributed by atoms with E-state index >= 15 is 0 Å². The van der Waals surface area contributed by atoms with Crippen LogP contribution in [-0.4, -0.2) is 0 Å². The summed E-state index contributed by atoms with van der Waals surface area (Å²) in [5, 5.41) is 0. The molecule has 0 radical (unpaired) electrons. The van der Waals surface area contributed by atoms with Gasteiger partial charge < -0.3 is 4.90 Å². The van der Waals surface area contributed by atoms with Gasteiger partial charge in [0.15, 0.2) is 0 Å². The Kier molecular flexibility index (Phi) is 5.99. The molecule has 1 nitrogen and oxygen atoms in total. The number of benzene rings is 4. The zero-order valence-corrected chi connectivity index (χ0v) is 16.2. The van der Waals surface area contributed by atoms with E-state index in [0.29, 0.717) is 0 Å². The van der Waals surface area contributed by atoms with E-state index in [1.807, 2.05) is 18.2 Å². The predicted molar refractivity (Wildman–Crippen MR) is 126 cm³/mol. The standard InChI is InChI=1S/C28H23N/c1-4-12-24(13-5-1)20-21-26-16-10-11-19-28(26)29(27-17-8-3-9-18-27)23-22-25-14-6-2-7-15-25/h1-23H. The van der Waals surface area contributed by atoms with Gasteiger partial charge in [0, 0.05) is 11.9 Å². The maximum atomic E-state index is 2.23. The lowest BCUT2D eigenvalue weighted by Gasteiger charge is -2.23. The number of rotatable bonds is 6. The molecule has 0 spiro atoms. The third-order valence-electron chi connectivity index (χ3n) is 4.70. The van der Waals surface area contributed by atoms with Crippen molar-refractivity contribution in [3.05, 3.63) is 138 Å². The molecule has 1 heteroatoms. The number of anilines is 2. The van der Waals surface area contributed by atoms with E-state index in [9.17, 15) is 0 Å². The number of nitrogens with zero attached hydrogens (tertiary/aromatic N) is 1. The molecule has 4 rings (SSSR count). The molecule has 0 saturated heterocycles. The molecular formula is C28H23N. The molecule has 29 heavy (non-hydrogen) atoms. The lowest BCUT2D eigenvalue weighted by Crippen LogP contribution is -2.09. The van der Waals surface area contributed by atoms with E-state index in [1.54, 1.807) is 0 Å². The van der Waals surface area contributed by atoms with Gasteiger partial charge in [0.25, 0.3) is 0 Å². The number of hydrogen-bond acceptors (Lipinski definition) is 1. The first-order valence-electron chi connectivity index (χ1n) is 9.80. The molecule has 0 aliphatic rings. The summed E-state index contributed by atoms with van der Waals surface area (Å²) in [5.41, 5.74) is 5.79. The van der Waals surface area contributed by atoms with Crippen LogP contribution in [0.4, 0.5) is 11.4 Å². The Morgan fingerprint density at radius 1 is 0.448 bits per heavy atom. The summed E-state index contributed by atoms with van der Waals surface area (Å²) < 4.78 is 0. The average molecular weight is 373 g/mol. The predicted octanol–water partition coefficient (Wildman–Crippen LogP) is 7.67. The normalized spacial score (nSPS) is 11.2. The Hall–Kier alpha value is -3.84. The van der Waals surface area contributed by atoms with E-state index in [2.05, 4.69) is 126 Å². The van der Waals surface area contributed by atoms with Gasteiger partial charge in [0.1, 0.15) is 0 Å². The smallest absolute Gasteiger partial charge is 0.0527 e. The minimum atomic E-state index is 1.13. The second-order valence-electron chi connectivity index (χ2n) is 6.73. The van der Waals surface area contributed by atoms with Crippen molar-refractivity contribution in [3.8, 4) is 0 Å². The molecule has 0 bridgehead atoms. The van der Waals surface area contributed by atoms with Crippen LogP contribution in [0.25, 0.3) is 18.2 Å². The SMILES string of the molecule is C(=Cc1ccccc1N(C=Cc1ccccc1)c1ccccc1)c1ccccc1. The summed E-state index contributed by atoms with van der Waals surface area (Å²) >= 11 is 0. The highest BCUT2D eigenvalue weighted by atomic mass is 15.1. The fourth-order valence-corrected chi connectivity index (χ4v) is 3.22. The van der Waals surface area contributed by atoms with Crippen molar-refractivity contribution in [2.45, 2.75) is 0 Å². The zero-order chi connectivity index (χ0) is 19.7. The van der Waals surface area contributed by atoms with Gasteiger partial charge in [-0.25, -0.2) is 0 Å². The third kappa shape index (κ3) is 4.91. The molecule has 0 atom stereocenters. The maximum Gasteiger partial charge on any atom is 0.0527 e. The van der Waals surface area contributed by atoms with Gasteiger partial charge in [-0.2, -0.15) is 0 Å². The first-order chi connectivity index (χ1) is 14.4. The number of para-hydroxylation sites is 2. The van der Waals surface area contributed by atoms with Crippen molar-refractivity contribution in [2.24, 2.45) is 0 Å². The van der Waals surface area contributed by atoms with E-state index < -0.39 is 0 Å². The van der Waals surface area contributed by atoms with E-state index in [0.717, 1.165) is 16.9 Å². The average Bonchev–Trinajstić information content (AvgIpc) is 2.81. The summed E-state index contributed by atoms with van der Waals surface area (Å²) in [6.45, 7) is 0. The Labute approximate surface area is 172 Å². The van der Waals surface area contributed by atoms with Crippen LogP contribution in [0.15, 0.2) is 121 Å². The molecular weight excluding hydrogens is 350 g/mol. The molecule has 0 saturated carbocycles. The van der Waals surface area contributed by atoms with Crippen LogP contribution in [-0.2, 0) is 0 Å². The highest BCUT2D eigenvalue weighted by Crippen LogP contribution is 2.30. The van der Waals surface area contributed by atoms with Gasteiger partial charge in [0.2, 0.25) is 0 Å². The van der Waals surface area contributed by atoms with Crippen molar-refractivity contribution in [2.75, 3.05) is 4.90 Å². The van der Waals surface area contributed by atoms with Crippen molar-refractivity contribution in [1.29, 1.82) is 0 Å². The van der Waals surface area contributed by atoms with Gasteiger partial charge in [-0.3, -0.25) is 0 Å². The largest absolute Gasteiger partial charge is 0.317 e. The van der Waals surface area contributed by atoms with Gasteiger partial charge in [-0.05, 0) is 41.0 Å². The van der Waals surface area contributed by atoms with Crippen molar-refractivity contribution < 1.29 is 0 Å². The number of hydrogen-bond donors (Lipinski definition) is 0. The van der Waals surface area contributed by atoms with Crippen LogP contribution in [0, 0.1) is 0 Å². The first kappa shape index (κ1) is 18.5. The monoisotopic (exact) mass is 373 g/mol. The van der Waals surface area contributed by atoms with Gasteiger partial charge in [-0.15, -0.1) is 0 Å². The topological polar surface area (TPSA) is 3.24 Å². The second-order valence-corrected chi connectivity index (χ2v) is 6.73. The van der Waals surface area contributed by atoms with Crippen molar-refractivity contribution >= 4 is 29.6 Å². The van der Waals surface area contributed by atoms with Crippen molar-refractivity contribution in [3.63, 3.8) is 0 Å². The third-order valence-corrected chi connectivity index (χ3v) is 4.70. The van der Waals surface area contributed by atoms with Crippen LogP contribution >= 0.6 is 0 Å². The van der Waals surface area contributed by atoms with Gasteiger partial charge >= 0.3 is 0 Å². The Bertz CT molecular complexity index is 1080. The minimum Gasteiger partial charge on any atom is -0.317 e. The lowest BCUT2D eigenvalue weighted by molar-refractivity contribution is 1.28. The molecule has 0 unspecified atom stereocenters. The molecule has 0 N–H and O–H groups in total. The summed E-state index contributed by atoms with van der Waals surface area (Å²) in [6.07, 6.45) is 8.62. The van der Waals surface area contributed by atoms with Crippen LogP contribution in [0.3, 0.4) is 0 Å². The summed E-state index contributed by atoms with van der Waals surface area (Å²) in [4.78, 5) is 2.23. The van der Waals surface area contributed by atoms with Gasteiger partial charge in [-0.1, -0.05) is 109 Å². The quantitative estimate of drug-likeness (QED) is 0.313. The lowest BCUT2D eigenvalue weighted by atomic mass is 10.1. The molecule has 0 amide bonds. The molecule has 4 aromatic rings.